The third kappa shape index (κ3) is 17.9. The lowest BCUT2D eigenvalue weighted by molar-refractivity contribution is -0.206. The zero-order valence-electron chi connectivity index (χ0n) is 41.6. The molecular weight excluding hydrogens is 925 g/mol. The van der Waals surface area contributed by atoms with Gasteiger partial charge in [-0.05, 0) is 146 Å². The molecule has 0 aromatic heterocycles. The second-order valence-electron chi connectivity index (χ2n) is 21.4. The lowest BCUT2D eigenvalue weighted by Crippen LogP contribution is -2.58. The van der Waals surface area contributed by atoms with Gasteiger partial charge in [0.1, 0.15) is 31.0 Å². The summed E-state index contributed by atoms with van der Waals surface area (Å²) in [4.78, 5) is 71.9. The Morgan fingerprint density at radius 1 is 0.556 bits per heavy atom. The van der Waals surface area contributed by atoms with Crippen LogP contribution < -0.4 is 0 Å². The number of esters is 6. The molecular formula is C57H106O15. The van der Waals surface area contributed by atoms with Gasteiger partial charge in [0, 0.05) is 26.1 Å². The maximum atomic E-state index is 12.2. The van der Waals surface area contributed by atoms with Gasteiger partial charge in [0.25, 0.3) is 0 Å². The number of carbonyl (C=O) groups excluding carboxylic acids is 6. The molecule has 10 atom stereocenters. The molecule has 0 aliphatic heterocycles. The molecule has 0 heterocycles. The summed E-state index contributed by atoms with van der Waals surface area (Å²) in [5.41, 5.74) is -0.773. The Hall–Kier alpha value is -3.30. The fourth-order valence-electron chi connectivity index (χ4n) is 11.9. The zero-order valence-corrected chi connectivity index (χ0v) is 41.6. The van der Waals surface area contributed by atoms with Gasteiger partial charge in [0.2, 0.25) is 0 Å². The zero-order chi connectivity index (χ0) is 48.3. The Bertz CT molecular complexity index is 1620. The number of carbonyl (C=O) groups is 6. The molecule has 0 aromatic rings. The molecule has 8 bridgehead atoms. The van der Waals surface area contributed by atoms with Crippen molar-refractivity contribution in [1.82, 2.24) is 0 Å². The topological polar surface area (TPSA) is 185 Å². The predicted octanol–water partition coefficient (Wildman–Crippen LogP) is 11.8. The first-order chi connectivity index (χ1) is 31.4. The van der Waals surface area contributed by atoms with Crippen molar-refractivity contribution in [3.63, 3.8) is 0 Å². The van der Waals surface area contributed by atoms with Crippen LogP contribution in [0, 0.1) is 76.4 Å². The number of fused-ring (bicyclic) bond motifs is 4. The van der Waals surface area contributed by atoms with Crippen LogP contribution in [-0.2, 0) is 71.4 Å². The number of methoxy groups -OCH3 is 2. The molecule has 424 valence electrons. The van der Waals surface area contributed by atoms with Gasteiger partial charge in [-0.1, -0.05) is 79.2 Å². The Balaban J connectivity index is 0. The minimum absolute atomic E-state index is 0. The van der Waals surface area contributed by atoms with Crippen LogP contribution >= 0.6 is 0 Å². The second kappa shape index (κ2) is 32.2. The molecule has 8 rings (SSSR count). The summed E-state index contributed by atoms with van der Waals surface area (Å²) in [7, 11) is 2.98. The molecule has 0 spiro atoms. The Labute approximate surface area is 437 Å². The van der Waals surface area contributed by atoms with Gasteiger partial charge >= 0.3 is 35.8 Å². The third-order valence-corrected chi connectivity index (χ3v) is 16.5. The van der Waals surface area contributed by atoms with Gasteiger partial charge in [-0.15, -0.1) is 0 Å². The summed E-state index contributed by atoms with van der Waals surface area (Å²) in [5, 5.41) is 0. The first-order valence-corrected chi connectivity index (χ1v) is 25.1. The van der Waals surface area contributed by atoms with Gasteiger partial charge < -0.3 is 42.6 Å². The van der Waals surface area contributed by atoms with Crippen LogP contribution in [0.1, 0.15) is 190 Å². The summed E-state index contributed by atoms with van der Waals surface area (Å²) in [6.07, 6.45) is 13.6. The number of rotatable bonds is 20. The molecule has 15 heteroatoms. The normalized spacial score (nSPS) is 31.1. The molecule has 0 aromatic carbocycles. The molecule has 8 aliphatic rings. The average molecular weight is 1030 g/mol. The summed E-state index contributed by atoms with van der Waals surface area (Å²) >= 11 is 0. The van der Waals surface area contributed by atoms with E-state index in [9.17, 15) is 28.8 Å². The van der Waals surface area contributed by atoms with Crippen molar-refractivity contribution in [2.24, 2.45) is 76.4 Å². The van der Waals surface area contributed by atoms with Gasteiger partial charge in [-0.2, -0.15) is 0 Å². The fraction of sp³-hybridized carbons (Fsp3) is 0.895. The lowest BCUT2D eigenvalue weighted by Gasteiger charge is -2.59. The van der Waals surface area contributed by atoms with Gasteiger partial charge in [0.15, 0.2) is 13.6 Å². The summed E-state index contributed by atoms with van der Waals surface area (Å²) < 4.78 is 47.3. The Kier molecular flexibility index (Phi) is 31.7. The maximum Gasteiger partial charge on any atom is 0.332 e. The van der Waals surface area contributed by atoms with Crippen LogP contribution in [0.4, 0.5) is 0 Å². The van der Waals surface area contributed by atoms with Crippen LogP contribution in [0.25, 0.3) is 0 Å². The van der Waals surface area contributed by atoms with E-state index in [2.05, 4.69) is 6.92 Å². The van der Waals surface area contributed by atoms with Crippen LogP contribution in [0.15, 0.2) is 0 Å². The number of hydrogen-bond acceptors (Lipinski definition) is 15. The van der Waals surface area contributed by atoms with Gasteiger partial charge in [-0.25, -0.2) is 4.79 Å². The largest absolute Gasteiger partial charge is 0.463 e. The number of hydrogen-bond donors (Lipinski definition) is 0. The minimum Gasteiger partial charge on any atom is -0.463 e. The first-order valence-electron chi connectivity index (χ1n) is 25.1. The molecule has 8 saturated carbocycles. The van der Waals surface area contributed by atoms with Crippen LogP contribution in [0.2, 0.25) is 0 Å². The molecule has 0 N–H and O–H groups in total. The van der Waals surface area contributed by atoms with Crippen molar-refractivity contribution >= 4 is 35.8 Å². The molecule has 8 fully saturated rings. The first kappa shape index (κ1) is 70.8. The highest BCUT2D eigenvalue weighted by atomic mass is 16.7. The van der Waals surface area contributed by atoms with Crippen molar-refractivity contribution in [3.8, 4) is 0 Å². The molecule has 15 nitrogen and oxygen atoms in total. The summed E-state index contributed by atoms with van der Waals surface area (Å²) in [5.74, 6) is 2.21. The second-order valence-corrected chi connectivity index (χ2v) is 21.4. The van der Waals surface area contributed by atoms with E-state index >= 15 is 0 Å². The molecule has 10 unspecified atom stereocenters. The maximum absolute atomic E-state index is 12.2. The van der Waals surface area contributed by atoms with E-state index in [1.54, 1.807) is 0 Å². The predicted molar refractivity (Wildman–Crippen MR) is 281 cm³/mol. The summed E-state index contributed by atoms with van der Waals surface area (Å²) in [6.45, 7) is 15.9. The lowest BCUT2D eigenvalue weighted by atomic mass is 9.50. The highest BCUT2D eigenvalue weighted by Crippen LogP contribution is 2.59. The molecule has 8 aliphatic carbocycles. The molecule has 0 saturated heterocycles. The van der Waals surface area contributed by atoms with Crippen molar-refractivity contribution in [2.45, 2.75) is 208 Å². The van der Waals surface area contributed by atoms with E-state index in [4.69, 9.17) is 42.6 Å². The molecule has 0 radical (unpaired) electrons. The van der Waals surface area contributed by atoms with E-state index in [-0.39, 0.29) is 167 Å². The van der Waals surface area contributed by atoms with E-state index in [1.165, 1.54) is 46.3 Å². The van der Waals surface area contributed by atoms with Crippen LogP contribution in [-0.4, -0.2) is 101 Å². The highest BCUT2D eigenvalue weighted by molar-refractivity contribution is 5.77. The monoisotopic (exact) mass is 1030 g/mol. The standard InChI is InChI=1S/C20H32O5.C16H26O5.C15H24O5.6CH4/c1-4-13(2)19(22)24-6-5-23-12-18(21)25-20(3)16-8-14-7-15(10-16)11-17(20)9-14;1-5-16(2,3)15(18)21-13-8-10-6-11(13)12(7-10)14(17)20-9-19-4;1-4-9(2)14(16)20-13-7-10-5-11(13)12(6-10)15(17)19-8-18-3;;;;;;/h13-17H,4-12H2,1-3H3;10-13H,5-9H2,1-4H3;9-13H,4-8H2,1-3H3;6*1H4. The molecule has 0 amide bonds. The highest BCUT2D eigenvalue weighted by Gasteiger charge is 2.57. The van der Waals surface area contributed by atoms with Gasteiger partial charge in [-0.3, -0.25) is 24.0 Å². The minimum atomic E-state index is -0.464. The van der Waals surface area contributed by atoms with Gasteiger partial charge in [0.05, 0.1) is 35.7 Å². The summed E-state index contributed by atoms with van der Waals surface area (Å²) in [6, 6.07) is 0. The van der Waals surface area contributed by atoms with Crippen molar-refractivity contribution in [1.29, 1.82) is 0 Å². The van der Waals surface area contributed by atoms with E-state index in [0.717, 1.165) is 69.6 Å². The van der Waals surface area contributed by atoms with E-state index < -0.39 is 5.41 Å². The van der Waals surface area contributed by atoms with Crippen molar-refractivity contribution < 1.29 is 71.4 Å². The van der Waals surface area contributed by atoms with E-state index in [1.807, 2.05) is 48.5 Å². The smallest absolute Gasteiger partial charge is 0.332 e. The van der Waals surface area contributed by atoms with Crippen LogP contribution in [0.5, 0.6) is 0 Å². The molecule has 72 heavy (non-hydrogen) atoms. The van der Waals surface area contributed by atoms with Crippen LogP contribution in [0.3, 0.4) is 0 Å². The SMILES string of the molecule is C.C.C.C.C.C.CCC(C)(C)C(=O)OC1CC2CC(C(=O)OCOC)C1C2.CCC(C)C(=O)OC1CC2CC(C(=O)OCOC)C1C2.CCC(C)C(=O)OCCOCC(=O)OC1(C)C2CC3CC(C2)CC1C3. The van der Waals surface area contributed by atoms with E-state index in [0.29, 0.717) is 23.7 Å². The van der Waals surface area contributed by atoms with Crippen molar-refractivity contribution in [2.75, 3.05) is 47.6 Å². The third-order valence-electron chi connectivity index (χ3n) is 16.5. The van der Waals surface area contributed by atoms with Crippen molar-refractivity contribution in [3.05, 3.63) is 0 Å². The quantitative estimate of drug-likeness (QED) is 0.0485. The fourth-order valence-corrected chi connectivity index (χ4v) is 11.9. The average Bonchev–Trinajstić information content (AvgIpc) is 4.11. The Morgan fingerprint density at radius 2 is 0.986 bits per heavy atom. The Morgan fingerprint density at radius 3 is 1.40 bits per heavy atom. The number of ether oxygens (including phenoxy) is 9.